The molecule has 1 N–H and O–H groups in total. The van der Waals surface area contributed by atoms with Crippen molar-refractivity contribution >= 4 is 5.91 Å². The average Bonchev–Trinajstić information content (AvgIpc) is 3.12. The smallest absolute Gasteiger partial charge is 0.257 e. The molecule has 0 aliphatic carbocycles. The fraction of sp³-hybridized carbons (Fsp3) is 0.412. The van der Waals surface area contributed by atoms with Gasteiger partial charge in [-0.2, -0.15) is 5.10 Å². The summed E-state index contributed by atoms with van der Waals surface area (Å²) >= 11 is 0. The number of H-pyrrole nitrogens is 1. The number of rotatable bonds is 4. The fourth-order valence-corrected chi connectivity index (χ4v) is 3.23. The molecular formula is C17H20F2N4O. The number of halogens is 2. The van der Waals surface area contributed by atoms with E-state index in [-0.39, 0.29) is 11.9 Å². The van der Waals surface area contributed by atoms with Gasteiger partial charge in [0.2, 0.25) is 0 Å². The highest BCUT2D eigenvalue weighted by Gasteiger charge is 2.28. The summed E-state index contributed by atoms with van der Waals surface area (Å²) < 4.78 is 27.2. The number of hydrogen-bond acceptors (Lipinski definition) is 3. The average molecular weight is 334 g/mol. The molecular weight excluding hydrogens is 314 g/mol. The Bertz CT molecular complexity index is 697. The van der Waals surface area contributed by atoms with Crippen molar-refractivity contribution in [3.63, 3.8) is 0 Å². The number of hydrogen-bond donors (Lipinski definition) is 1. The van der Waals surface area contributed by atoms with Crippen LogP contribution in [0.4, 0.5) is 8.78 Å². The van der Waals surface area contributed by atoms with Gasteiger partial charge in [-0.15, -0.1) is 0 Å². The van der Waals surface area contributed by atoms with E-state index >= 15 is 0 Å². The second-order valence-corrected chi connectivity index (χ2v) is 5.91. The number of piperazine rings is 1. The highest BCUT2D eigenvalue weighted by atomic mass is 19.1. The molecule has 1 aliphatic rings. The zero-order chi connectivity index (χ0) is 17.1. The summed E-state index contributed by atoms with van der Waals surface area (Å²) in [4.78, 5) is 16.2. The summed E-state index contributed by atoms with van der Waals surface area (Å²) in [6.07, 6.45) is 3.81. The molecule has 3 rings (SSSR count). The number of aromatic nitrogens is 2. The van der Waals surface area contributed by atoms with Crippen LogP contribution in [0.2, 0.25) is 0 Å². The first-order chi connectivity index (χ1) is 11.6. The molecule has 1 amide bonds. The van der Waals surface area contributed by atoms with Gasteiger partial charge in [0, 0.05) is 50.0 Å². The molecule has 0 bridgehead atoms. The number of benzene rings is 1. The van der Waals surface area contributed by atoms with Gasteiger partial charge in [-0.25, -0.2) is 8.78 Å². The van der Waals surface area contributed by atoms with E-state index in [1.54, 1.807) is 11.1 Å². The maximum absolute atomic E-state index is 14.1. The van der Waals surface area contributed by atoms with E-state index in [1.807, 2.05) is 6.92 Å². The first kappa shape index (κ1) is 16.6. The minimum atomic E-state index is -0.568. The SMILES string of the molecule is CC[C@@H](c1ccc(F)cc1F)N1CCN(C(=O)c2cn[nH]c2)CC1. The van der Waals surface area contributed by atoms with Gasteiger partial charge in [-0.1, -0.05) is 13.0 Å². The Kier molecular flexibility index (Phi) is 4.89. The Morgan fingerprint density at radius 1 is 1.29 bits per heavy atom. The number of nitrogens with one attached hydrogen (secondary N) is 1. The fourth-order valence-electron chi connectivity index (χ4n) is 3.23. The van der Waals surface area contributed by atoms with Crippen LogP contribution >= 0.6 is 0 Å². The van der Waals surface area contributed by atoms with Crippen LogP contribution in [0, 0.1) is 11.6 Å². The predicted molar refractivity (Wildman–Crippen MR) is 85.5 cm³/mol. The molecule has 1 aromatic carbocycles. The lowest BCUT2D eigenvalue weighted by Crippen LogP contribution is -2.49. The third-order valence-corrected chi connectivity index (χ3v) is 4.50. The number of amides is 1. The lowest BCUT2D eigenvalue weighted by atomic mass is 10.0. The van der Waals surface area contributed by atoms with Crippen LogP contribution in [-0.4, -0.2) is 52.1 Å². The van der Waals surface area contributed by atoms with E-state index in [9.17, 15) is 13.6 Å². The van der Waals surface area contributed by atoms with Crippen molar-refractivity contribution in [3.05, 3.63) is 53.4 Å². The third kappa shape index (κ3) is 3.31. The van der Waals surface area contributed by atoms with Crippen molar-refractivity contribution in [2.24, 2.45) is 0 Å². The molecule has 128 valence electrons. The summed E-state index contributed by atoms with van der Waals surface area (Å²) in [5.41, 5.74) is 1.05. The van der Waals surface area contributed by atoms with Crippen LogP contribution in [0.15, 0.2) is 30.6 Å². The molecule has 1 fully saturated rings. The molecule has 5 nitrogen and oxygen atoms in total. The van der Waals surface area contributed by atoms with Crippen molar-refractivity contribution in [1.82, 2.24) is 20.0 Å². The molecule has 0 unspecified atom stereocenters. The number of aromatic amines is 1. The Morgan fingerprint density at radius 2 is 2.04 bits per heavy atom. The van der Waals surface area contributed by atoms with Crippen LogP contribution in [0.5, 0.6) is 0 Å². The molecule has 1 aliphatic heterocycles. The van der Waals surface area contributed by atoms with Crippen LogP contribution in [0.1, 0.15) is 35.3 Å². The highest BCUT2D eigenvalue weighted by molar-refractivity contribution is 5.93. The summed E-state index contributed by atoms with van der Waals surface area (Å²) in [6.45, 7) is 4.43. The second kappa shape index (κ2) is 7.09. The van der Waals surface area contributed by atoms with E-state index in [0.29, 0.717) is 37.3 Å². The lowest BCUT2D eigenvalue weighted by molar-refractivity contribution is 0.0559. The van der Waals surface area contributed by atoms with Crippen LogP contribution in [0.3, 0.4) is 0 Å². The van der Waals surface area contributed by atoms with E-state index in [1.165, 1.54) is 18.3 Å². The molecule has 24 heavy (non-hydrogen) atoms. The summed E-state index contributed by atoms with van der Waals surface area (Å²) in [7, 11) is 0. The zero-order valence-electron chi connectivity index (χ0n) is 13.5. The topological polar surface area (TPSA) is 52.2 Å². The second-order valence-electron chi connectivity index (χ2n) is 5.91. The van der Waals surface area contributed by atoms with Crippen molar-refractivity contribution in [2.75, 3.05) is 26.2 Å². The van der Waals surface area contributed by atoms with Gasteiger partial charge in [-0.3, -0.25) is 14.8 Å². The van der Waals surface area contributed by atoms with Crippen molar-refractivity contribution < 1.29 is 13.6 Å². The first-order valence-corrected chi connectivity index (χ1v) is 8.07. The quantitative estimate of drug-likeness (QED) is 0.935. The standard InChI is InChI=1S/C17H20F2N4O/c1-2-16(14-4-3-13(18)9-15(14)19)22-5-7-23(8-6-22)17(24)12-10-20-21-11-12/h3-4,9-11,16H,2,5-8H2,1H3,(H,20,21)/t16-/m0/s1. The van der Waals surface area contributed by atoms with E-state index in [2.05, 4.69) is 15.1 Å². The van der Waals surface area contributed by atoms with Gasteiger partial charge in [0.15, 0.2) is 0 Å². The van der Waals surface area contributed by atoms with E-state index in [0.717, 1.165) is 12.5 Å². The van der Waals surface area contributed by atoms with Gasteiger partial charge < -0.3 is 4.90 Å². The van der Waals surface area contributed by atoms with Crippen LogP contribution < -0.4 is 0 Å². The highest BCUT2D eigenvalue weighted by Crippen LogP contribution is 2.28. The predicted octanol–water partition coefficient (Wildman–Crippen LogP) is 2.60. The summed E-state index contributed by atoms with van der Waals surface area (Å²) in [5, 5.41) is 6.43. The molecule has 1 atom stereocenters. The molecule has 7 heteroatoms. The zero-order valence-corrected chi connectivity index (χ0v) is 13.5. The maximum Gasteiger partial charge on any atom is 0.257 e. The summed E-state index contributed by atoms with van der Waals surface area (Å²) in [5.74, 6) is -1.13. The number of carbonyl (C=O) groups is 1. The van der Waals surface area contributed by atoms with Crippen LogP contribution in [0.25, 0.3) is 0 Å². The molecule has 0 spiro atoms. The maximum atomic E-state index is 14.1. The van der Waals surface area contributed by atoms with Crippen molar-refractivity contribution in [2.45, 2.75) is 19.4 Å². The minimum Gasteiger partial charge on any atom is -0.336 e. The van der Waals surface area contributed by atoms with Gasteiger partial charge in [0.1, 0.15) is 11.6 Å². The van der Waals surface area contributed by atoms with Crippen molar-refractivity contribution in [3.8, 4) is 0 Å². The molecule has 2 aromatic rings. The van der Waals surface area contributed by atoms with Crippen molar-refractivity contribution in [1.29, 1.82) is 0 Å². The molecule has 1 aromatic heterocycles. The molecule has 0 radical (unpaired) electrons. The number of nitrogens with zero attached hydrogens (tertiary/aromatic N) is 3. The van der Waals surface area contributed by atoms with E-state index < -0.39 is 11.6 Å². The Labute approximate surface area is 139 Å². The van der Waals surface area contributed by atoms with Gasteiger partial charge in [0.05, 0.1) is 11.8 Å². The van der Waals surface area contributed by atoms with Gasteiger partial charge in [0.25, 0.3) is 5.91 Å². The normalized spacial score (nSPS) is 17.0. The largest absolute Gasteiger partial charge is 0.336 e. The third-order valence-electron chi connectivity index (χ3n) is 4.50. The Hall–Kier alpha value is -2.28. The van der Waals surface area contributed by atoms with Gasteiger partial charge >= 0.3 is 0 Å². The lowest BCUT2D eigenvalue weighted by Gasteiger charge is -2.39. The van der Waals surface area contributed by atoms with Crippen LogP contribution in [-0.2, 0) is 0 Å². The first-order valence-electron chi connectivity index (χ1n) is 8.07. The molecule has 1 saturated heterocycles. The van der Waals surface area contributed by atoms with E-state index in [4.69, 9.17) is 0 Å². The Morgan fingerprint density at radius 3 is 2.62 bits per heavy atom. The number of carbonyl (C=O) groups excluding carboxylic acids is 1. The molecule has 0 saturated carbocycles. The summed E-state index contributed by atoms with van der Waals surface area (Å²) in [6, 6.07) is 3.62. The minimum absolute atomic E-state index is 0.0515. The van der Waals surface area contributed by atoms with Gasteiger partial charge in [-0.05, 0) is 12.5 Å². The Balaban J connectivity index is 1.67. The molecule has 2 heterocycles. The monoisotopic (exact) mass is 334 g/mol.